The zero-order valence-electron chi connectivity index (χ0n) is 7.70. The van der Waals surface area contributed by atoms with Crippen LogP contribution in [0.1, 0.15) is 0 Å². The first-order chi connectivity index (χ1) is 6.24. The fourth-order valence-electron chi connectivity index (χ4n) is 1.13. The lowest BCUT2D eigenvalue weighted by Gasteiger charge is -2.04. The van der Waals surface area contributed by atoms with E-state index in [1.54, 1.807) is 19.2 Å². The molecule has 1 N–H and O–H groups in total. The van der Waals surface area contributed by atoms with E-state index in [1.807, 2.05) is 0 Å². The standard InChI is InChI=1S/C10H12O3/c1-7-8(6-11)10(13-3)5-4-9(7)12-2/h4-6,11H,1H2,2-3H3. The molecular weight excluding hydrogens is 168 g/mol. The van der Waals surface area contributed by atoms with Crippen LogP contribution in [0.25, 0.3) is 12.8 Å². The van der Waals surface area contributed by atoms with Gasteiger partial charge in [-0.15, -0.1) is 0 Å². The van der Waals surface area contributed by atoms with Gasteiger partial charge in [-0.25, -0.2) is 0 Å². The Kier molecular flexibility index (Phi) is 2.80. The maximum atomic E-state index is 8.95. The van der Waals surface area contributed by atoms with Gasteiger partial charge in [0.05, 0.1) is 25.7 Å². The zero-order chi connectivity index (χ0) is 9.84. The summed E-state index contributed by atoms with van der Waals surface area (Å²) in [7, 11) is 3.09. The normalized spacial score (nSPS) is 11.4. The van der Waals surface area contributed by atoms with E-state index in [4.69, 9.17) is 14.6 Å². The lowest BCUT2D eigenvalue weighted by atomic mass is 10.2. The third-order valence-corrected chi connectivity index (χ3v) is 1.84. The topological polar surface area (TPSA) is 38.7 Å². The van der Waals surface area contributed by atoms with Crippen molar-refractivity contribution in [2.75, 3.05) is 14.2 Å². The predicted molar refractivity (Wildman–Crippen MR) is 51.4 cm³/mol. The summed E-state index contributed by atoms with van der Waals surface area (Å²) in [6.45, 7) is 3.77. The Morgan fingerprint density at radius 2 is 1.77 bits per heavy atom. The molecule has 0 saturated carbocycles. The minimum absolute atomic E-state index is 0.543. The number of aliphatic hydroxyl groups excluding tert-OH is 1. The quantitative estimate of drug-likeness (QED) is 0.716. The number of rotatable bonds is 2. The molecular formula is C10H12O3. The number of methoxy groups -OCH3 is 2. The molecule has 0 radical (unpaired) electrons. The summed E-state index contributed by atoms with van der Waals surface area (Å²) in [5, 5.41) is 10.1. The van der Waals surface area contributed by atoms with Gasteiger partial charge in [0.1, 0.15) is 11.5 Å². The van der Waals surface area contributed by atoms with E-state index < -0.39 is 0 Å². The molecule has 0 aliphatic rings. The molecule has 0 aliphatic heterocycles. The number of aliphatic hydroxyl groups is 1. The van der Waals surface area contributed by atoms with Crippen molar-refractivity contribution in [1.29, 1.82) is 0 Å². The lowest BCUT2D eigenvalue weighted by Crippen LogP contribution is -2.26. The van der Waals surface area contributed by atoms with Crippen LogP contribution >= 0.6 is 0 Å². The number of benzene rings is 1. The van der Waals surface area contributed by atoms with Crippen LogP contribution in [-0.2, 0) is 0 Å². The molecule has 0 heterocycles. The van der Waals surface area contributed by atoms with Crippen molar-refractivity contribution >= 4 is 12.8 Å². The van der Waals surface area contributed by atoms with Gasteiger partial charge in [0, 0.05) is 5.22 Å². The van der Waals surface area contributed by atoms with Crippen molar-refractivity contribution in [1.82, 2.24) is 0 Å². The molecule has 0 amide bonds. The highest BCUT2D eigenvalue weighted by Crippen LogP contribution is 2.05. The second-order valence-corrected chi connectivity index (χ2v) is 2.49. The highest BCUT2D eigenvalue weighted by molar-refractivity contribution is 5.39. The largest absolute Gasteiger partial charge is 0.515 e. The van der Waals surface area contributed by atoms with E-state index in [9.17, 15) is 0 Å². The molecule has 0 spiro atoms. The van der Waals surface area contributed by atoms with Crippen molar-refractivity contribution in [3.8, 4) is 11.5 Å². The Labute approximate surface area is 76.5 Å². The second kappa shape index (κ2) is 3.85. The van der Waals surface area contributed by atoms with Crippen LogP contribution in [0.4, 0.5) is 0 Å². The van der Waals surface area contributed by atoms with Gasteiger partial charge in [-0.2, -0.15) is 0 Å². The van der Waals surface area contributed by atoms with Gasteiger partial charge < -0.3 is 14.6 Å². The van der Waals surface area contributed by atoms with Crippen LogP contribution in [0, 0.1) is 0 Å². The first kappa shape index (κ1) is 9.45. The average Bonchev–Trinajstić information content (AvgIpc) is 2.17. The summed E-state index contributed by atoms with van der Waals surface area (Å²) in [4.78, 5) is 0. The van der Waals surface area contributed by atoms with E-state index in [2.05, 4.69) is 6.58 Å². The smallest absolute Gasteiger partial charge is 0.130 e. The third kappa shape index (κ3) is 1.59. The summed E-state index contributed by atoms with van der Waals surface area (Å²) < 4.78 is 10.1. The molecule has 1 rings (SSSR count). The number of ether oxygens (including phenoxy) is 2. The number of hydrogen-bond acceptors (Lipinski definition) is 3. The molecule has 1 aromatic carbocycles. The fraction of sp³-hybridized carbons (Fsp3) is 0.200. The van der Waals surface area contributed by atoms with Gasteiger partial charge >= 0.3 is 0 Å². The van der Waals surface area contributed by atoms with Crippen molar-refractivity contribution in [3.05, 3.63) is 22.6 Å². The maximum absolute atomic E-state index is 8.95. The zero-order valence-corrected chi connectivity index (χ0v) is 7.70. The van der Waals surface area contributed by atoms with Crippen molar-refractivity contribution in [2.24, 2.45) is 0 Å². The summed E-state index contributed by atoms with van der Waals surface area (Å²) in [6.07, 6.45) is 0.962. The Hall–Kier alpha value is -1.64. The molecule has 0 fully saturated rings. The van der Waals surface area contributed by atoms with Gasteiger partial charge in [-0.1, -0.05) is 6.58 Å². The van der Waals surface area contributed by atoms with Crippen molar-refractivity contribution in [2.45, 2.75) is 0 Å². The maximum Gasteiger partial charge on any atom is 0.130 e. The van der Waals surface area contributed by atoms with Crippen LogP contribution in [-0.4, -0.2) is 19.3 Å². The summed E-state index contributed by atoms with van der Waals surface area (Å²) in [5.74, 6) is 1.20. The summed E-state index contributed by atoms with van der Waals surface area (Å²) in [5.41, 5.74) is 0. The van der Waals surface area contributed by atoms with Gasteiger partial charge in [0.2, 0.25) is 0 Å². The fourth-order valence-corrected chi connectivity index (χ4v) is 1.13. The van der Waals surface area contributed by atoms with Crippen LogP contribution < -0.4 is 19.9 Å². The summed E-state index contributed by atoms with van der Waals surface area (Å²) >= 11 is 0. The van der Waals surface area contributed by atoms with E-state index in [0.717, 1.165) is 6.26 Å². The van der Waals surface area contributed by atoms with Crippen LogP contribution in [0.3, 0.4) is 0 Å². The third-order valence-electron chi connectivity index (χ3n) is 1.84. The molecule has 3 heteroatoms. The minimum Gasteiger partial charge on any atom is -0.515 e. The predicted octanol–water partition coefficient (Wildman–Crippen LogP) is 0.410. The van der Waals surface area contributed by atoms with E-state index in [0.29, 0.717) is 21.9 Å². The van der Waals surface area contributed by atoms with Crippen LogP contribution in [0.5, 0.6) is 11.5 Å². The second-order valence-electron chi connectivity index (χ2n) is 2.49. The van der Waals surface area contributed by atoms with Gasteiger partial charge in [0.25, 0.3) is 0 Å². The molecule has 3 nitrogen and oxygen atoms in total. The van der Waals surface area contributed by atoms with Crippen molar-refractivity contribution in [3.63, 3.8) is 0 Å². The molecule has 0 aromatic heterocycles. The SMILES string of the molecule is C=c1c(OC)ccc(OC)c1=CO. The lowest BCUT2D eigenvalue weighted by molar-refractivity contribution is 0.395. The van der Waals surface area contributed by atoms with Gasteiger partial charge in [0.15, 0.2) is 0 Å². The average molecular weight is 180 g/mol. The number of hydrogen-bond donors (Lipinski definition) is 1. The highest BCUT2D eigenvalue weighted by atomic mass is 16.5. The Balaban J connectivity index is 3.52. The van der Waals surface area contributed by atoms with E-state index >= 15 is 0 Å². The van der Waals surface area contributed by atoms with Crippen molar-refractivity contribution < 1.29 is 14.6 Å². The molecule has 1 aromatic rings. The molecule has 13 heavy (non-hydrogen) atoms. The Bertz CT molecular complexity index is 395. The van der Waals surface area contributed by atoms with Crippen LogP contribution in [0.15, 0.2) is 12.1 Å². The molecule has 0 aliphatic carbocycles. The molecule has 0 atom stereocenters. The van der Waals surface area contributed by atoms with Gasteiger partial charge in [-0.05, 0) is 12.1 Å². The molecule has 0 unspecified atom stereocenters. The van der Waals surface area contributed by atoms with Gasteiger partial charge in [-0.3, -0.25) is 0 Å². The Morgan fingerprint density at radius 1 is 1.23 bits per heavy atom. The van der Waals surface area contributed by atoms with E-state index in [1.165, 1.54) is 7.11 Å². The minimum atomic E-state index is 0.543. The molecule has 0 saturated heterocycles. The summed E-state index contributed by atoms with van der Waals surface area (Å²) in [6, 6.07) is 3.46. The van der Waals surface area contributed by atoms with E-state index in [-0.39, 0.29) is 0 Å². The monoisotopic (exact) mass is 180 g/mol. The van der Waals surface area contributed by atoms with Crippen LogP contribution in [0.2, 0.25) is 0 Å². The highest BCUT2D eigenvalue weighted by Gasteiger charge is 2.00. The first-order valence-corrected chi connectivity index (χ1v) is 3.79. The molecule has 70 valence electrons. The Morgan fingerprint density at radius 3 is 2.23 bits per heavy atom. The first-order valence-electron chi connectivity index (χ1n) is 3.79. The molecule has 0 bridgehead atoms.